The number of rotatable bonds is 6. The normalized spacial score (nSPS) is 13.9. The zero-order valence-corrected chi connectivity index (χ0v) is 11.2. The second kappa shape index (κ2) is 6.61. The Bertz CT molecular complexity index is 382. The predicted octanol–water partition coefficient (Wildman–Crippen LogP) is 1.50. The van der Waals surface area contributed by atoms with Crippen molar-refractivity contribution in [1.29, 1.82) is 0 Å². The molecule has 0 radical (unpaired) electrons. The molecule has 4 nitrogen and oxygen atoms in total. The van der Waals surface area contributed by atoms with E-state index in [0.717, 1.165) is 37.7 Å². The topological polar surface area (TPSA) is 33.7 Å². The van der Waals surface area contributed by atoms with E-state index in [1.54, 1.807) is 0 Å². The van der Waals surface area contributed by atoms with Gasteiger partial charge in [0.15, 0.2) is 11.5 Å². The van der Waals surface area contributed by atoms with Crippen LogP contribution in [0.5, 0.6) is 11.5 Å². The van der Waals surface area contributed by atoms with Crippen LogP contribution < -0.4 is 14.8 Å². The minimum Gasteiger partial charge on any atom is -0.486 e. The van der Waals surface area contributed by atoms with Crippen LogP contribution in [0.4, 0.5) is 0 Å². The van der Waals surface area contributed by atoms with E-state index >= 15 is 0 Å². The highest BCUT2D eigenvalue weighted by Gasteiger charge is 2.14. The minimum absolute atomic E-state index is 0.641. The number of nitrogens with zero attached hydrogens (tertiary/aromatic N) is 1. The zero-order valence-electron chi connectivity index (χ0n) is 11.2. The quantitative estimate of drug-likeness (QED) is 0.776. The van der Waals surface area contributed by atoms with Crippen molar-refractivity contribution in [1.82, 2.24) is 10.2 Å². The van der Waals surface area contributed by atoms with Crippen molar-refractivity contribution in [3.05, 3.63) is 23.8 Å². The van der Waals surface area contributed by atoms with Crippen LogP contribution in [0.15, 0.2) is 18.2 Å². The fraction of sp³-hybridized carbons (Fsp3) is 0.571. The molecule has 4 heteroatoms. The molecule has 0 aliphatic carbocycles. The minimum atomic E-state index is 0.641. The molecule has 0 unspecified atom stereocenters. The van der Waals surface area contributed by atoms with Gasteiger partial charge >= 0.3 is 0 Å². The average molecular weight is 250 g/mol. The molecule has 0 aromatic heterocycles. The lowest BCUT2D eigenvalue weighted by molar-refractivity contribution is 0.169. The molecule has 1 N–H and O–H groups in total. The third-order valence-electron chi connectivity index (χ3n) is 3.17. The standard InChI is InChI=1S/C14H22N2O2/c1-3-16(2)8-7-15-11-12-5-4-6-13-14(12)18-10-9-17-13/h4-6,15H,3,7-11H2,1-2H3. The Morgan fingerprint density at radius 2 is 2.11 bits per heavy atom. The molecule has 0 spiro atoms. The van der Waals surface area contributed by atoms with Crippen LogP contribution in [0.3, 0.4) is 0 Å². The van der Waals surface area contributed by atoms with Crippen molar-refractivity contribution in [3.63, 3.8) is 0 Å². The molecular formula is C14H22N2O2. The first-order chi connectivity index (χ1) is 8.81. The van der Waals surface area contributed by atoms with Crippen LogP contribution in [-0.4, -0.2) is 44.8 Å². The summed E-state index contributed by atoms with van der Waals surface area (Å²) in [4.78, 5) is 2.28. The third-order valence-corrected chi connectivity index (χ3v) is 3.17. The molecule has 1 aromatic carbocycles. The first-order valence-corrected chi connectivity index (χ1v) is 6.58. The van der Waals surface area contributed by atoms with Crippen molar-refractivity contribution in [2.24, 2.45) is 0 Å². The maximum Gasteiger partial charge on any atom is 0.165 e. The van der Waals surface area contributed by atoms with Gasteiger partial charge in [0.05, 0.1) is 0 Å². The number of para-hydroxylation sites is 1. The highest BCUT2D eigenvalue weighted by Crippen LogP contribution is 2.33. The van der Waals surface area contributed by atoms with E-state index in [0.29, 0.717) is 13.2 Å². The summed E-state index contributed by atoms with van der Waals surface area (Å²) in [5, 5.41) is 3.44. The fourth-order valence-electron chi connectivity index (χ4n) is 1.92. The van der Waals surface area contributed by atoms with Crippen LogP contribution in [0.1, 0.15) is 12.5 Å². The molecule has 100 valence electrons. The molecule has 2 rings (SSSR count). The number of benzene rings is 1. The van der Waals surface area contributed by atoms with Crippen molar-refractivity contribution in [3.8, 4) is 11.5 Å². The molecule has 18 heavy (non-hydrogen) atoms. The number of ether oxygens (including phenoxy) is 2. The Hall–Kier alpha value is -1.26. The second-order valence-corrected chi connectivity index (χ2v) is 4.51. The highest BCUT2D eigenvalue weighted by molar-refractivity contribution is 5.47. The Labute approximate surface area is 109 Å². The lowest BCUT2D eigenvalue weighted by Gasteiger charge is -2.21. The molecule has 0 saturated carbocycles. The molecule has 1 aliphatic rings. The van der Waals surface area contributed by atoms with Gasteiger partial charge in [-0.25, -0.2) is 0 Å². The number of hydrogen-bond donors (Lipinski definition) is 1. The summed E-state index contributed by atoms with van der Waals surface area (Å²) in [6.07, 6.45) is 0. The average Bonchev–Trinajstić information content (AvgIpc) is 2.43. The van der Waals surface area contributed by atoms with Gasteiger partial charge in [0.1, 0.15) is 13.2 Å². The summed E-state index contributed by atoms with van der Waals surface area (Å²) in [6, 6.07) is 6.07. The Morgan fingerprint density at radius 1 is 1.28 bits per heavy atom. The Kier molecular flexibility index (Phi) is 4.84. The van der Waals surface area contributed by atoms with Crippen LogP contribution in [0.25, 0.3) is 0 Å². The van der Waals surface area contributed by atoms with Crippen molar-refractivity contribution < 1.29 is 9.47 Å². The smallest absolute Gasteiger partial charge is 0.165 e. The molecule has 0 amide bonds. The first-order valence-electron chi connectivity index (χ1n) is 6.58. The second-order valence-electron chi connectivity index (χ2n) is 4.51. The molecule has 0 bridgehead atoms. The first kappa shape index (κ1) is 13.2. The van der Waals surface area contributed by atoms with Crippen LogP contribution in [0, 0.1) is 0 Å². The zero-order chi connectivity index (χ0) is 12.8. The van der Waals surface area contributed by atoms with Crippen LogP contribution in [-0.2, 0) is 6.54 Å². The largest absolute Gasteiger partial charge is 0.486 e. The van der Waals surface area contributed by atoms with Gasteiger partial charge in [-0.3, -0.25) is 0 Å². The summed E-state index contributed by atoms with van der Waals surface area (Å²) >= 11 is 0. The lowest BCUT2D eigenvalue weighted by Crippen LogP contribution is -2.29. The third kappa shape index (κ3) is 3.37. The van der Waals surface area contributed by atoms with E-state index in [1.165, 1.54) is 5.56 Å². The van der Waals surface area contributed by atoms with Crippen molar-refractivity contribution in [2.45, 2.75) is 13.5 Å². The SMILES string of the molecule is CCN(C)CCNCc1cccc2c1OCCO2. The van der Waals surface area contributed by atoms with Gasteiger partial charge in [0.2, 0.25) is 0 Å². The monoisotopic (exact) mass is 250 g/mol. The van der Waals surface area contributed by atoms with Gasteiger partial charge in [-0.2, -0.15) is 0 Å². The van der Waals surface area contributed by atoms with Crippen molar-refractivity contribution in [2.75, 3.05) is 39.9 Å². The van der Waals surface area contributed by atoms with E-state index in [2.05, 4.69) is 30.3 Å². The molecule has 1 heterocycles. The number of hydrogen-bond acceptors (Lipinski definition) is 4. The van der Waals surface area contributed by atoms with E-state index in [-0.39, 0.29) is 0 Å². The number of nitrogens with one attached hydrogen (secondary N) is 1. The van der Waals surface area contributed by atoms with Crippen LogP contribution in [0.2, 0.25) is 0 Å². The maximum atomic E-state index is 5.68. The van der Waals surface area contributed by atoms with Gasteiger partial charge in [0.25, 0.3) is 0 Å². The summed E-state index contributed by atoms with van der Waals surface area (Å²) in [5.41, 5.74) is 1.17. The highest BCUT2D eigenvalue weighted by atomic mass is 16.6. The van der Waals surface area contributed by atoms with E-state index < -0.39 is 0 Å². The number of likely N-dealkylation sites (N-methyl/N-ethyl adjacent to an activating group) is 1. The molecule has 0 atom stereocenters. The van der Waals surface area contributed by atoms with Gasteiger partial charge in [0, 0.05) is 25.2 Å². The molecular weight excluding hydrogens is 228 g/mol. The van der Waals surface area contributed by atoms with Crippen molar-refractivity contribution >= 4 is 0 Å². The van der Waals surface area contributed by atoms with Gasteiger partial charge in [-0.1, -0.05) is 19.1 Å². The predicted molar refractivity (Wildman–Crippen MR) is 72.3 cm³/mol. The summed E-state index contributed by atoms with van der Waals surface area (Å²) in [6.45, 7) is 7.40. The van der Waals surface area contributed by atoms with Gasteiger partial charge < -0.3 is 19.7 Å². The summed E-state index contributed by atoms with van der Waals surface area (Å²) < 4.78 is 11.2. The molecule has 0 fully saturated rings. The molecule has 0 saturated heterocycles. The molecule has 1 aromatic rings. The number of fused-ring (bicyclic) bond motifs is 1. The van der Waals surface area contributed by atoms with E-state index in [4.69, 9.17) is 9.47 Å². The van der Waals surface area contributed by atoms with Crippen LogP contribution >= 0.6 is 0 Å². The molecule has 1 aliphatic heterocycles. The van der Waals surface area contributed by atoms with E-state index in [9.17, 15) is 0 Å². The fourth-order valence-corrected chi connectivity index (χ4v) is 1.92. The Morgan fingerprint density at radius 3 is 2.94 bits per heavy atom. The Balaban J connectivity index is 1.86. The summed E-state index contributed by atoms with van der Waals surface area (Å²) in [7, 11) is 2.13. The van der Waals surface area contributed by atoms with Gasteiger partial charge in [-0.05, 0) is 19.7 Å². The maximum absolute atomic E-state index is 5.68. The lowest BCUT2D eigenvalue weighted by atomic mass is 10.1. The van der Waals surface area contributed by atoms with Gasteiger partial charge in [-0.15, -0.1) is 0 Å². The summed E-state index contributed by atoms with van der Waals surface area (Å²) in [5.74, 6) is 1.77. The van der Waals surface area contributed by atoms with E-state index in [1.807, 2.05) is 12.1 Å².